The van der Waals surface area contributed by atoms with Crippen LogP contribution in [0.5, 0.6) is 11.6 Å². The third kappa shape index (κ3) is 3.21. The summed E-state index contributed by atoms with van der Waals surface area (Å²) in [5.74, 6) is 1.24. The molecular weight excluding hydrogens is 338 g/mol. The van der Waals surface area contributed by atoms with E-state index in [4.69, 9.17) is 16.3 Å². The van der Waals surface area contributed by atoms with Crippen LogP contribution in [0.1, 0.15) is 48.0 Å². The molecule has 6 heteroatoms. The van der Waals surface area contributed by atoms with Crippen molar-refractivity contribution in [1.29, 1.82) is 0 Å². The van der Waals surface area contributed by atoms with Crippen LogP contribution in [0, 0.1) is 12.8 Å². The Hall–Kier alpha value is -2.14. The topological polar surface area (TPSA) is 55.3 Å². The van der Waals surface area contributed by atoms with Gasteiger partial charge in [0.15, 0.2) is 10.9 Å². The van der Waals surface area contributed by atoms with Crippen LogP contribution in [-0.4, -0.2) is 22.6 Å². The largest absolute Gasteiger partial charge is 0.435 e. The van der Waals surface area contributed by atoms with Crippen molar-refractivity contribution >= 4 is 23.2 Å². The first kappa shape index (κ1) is 16.3. The van der Waals surface area contributed by atoms with Crippen LogP contribution in [0.3, 0.4) is 0 Å². The van der Waals surface area contributed by atoms with Crippen molar-refractivity contribution in [3.8, 4) is 11.6 Å². The van der Waals surface area contributed by atoms with Gasteiger partial charge in [-0.2, -0.15) is 0 Å². The maximum absolute atomic E-state index is 13.2. The Morgan fingerprint density at radius 3 is 2.80 bits per heavy atom. The van der Waals surface area contributed by atoms with Gasteiger partial charge in [0.25, 0.3) is 11.8 Å². The zero-order valence-corrected chi connectivity index (χ0v) is 14.9. The first-order chi connectivity index (χ1) is 12.1. The summed E-state index contributed by atoms with van der Waals surface area (Å²) in [7, 11) is 0. The van der Waals surface area contributed by atoms with Crippen LogP contribution in [-0.2, 0) is 0 Å². The lowest BCUT2D eigenvalue weighted by molar-refractivity contribution is 0.0980. The van der Waals surface area contributed by atoms with Crippen molar-refractivity contribution in [3.05, 3.63) is 40.5 Å². The molecule has 0 unspecified atom stereocenters. The van der Waals surface area contributed by atoms with E-state index in [-0.39, 0.29) is 16.9 Å². The molecule has 0 spiro atoms. The molecule has 4 rings (SSSR count). The first-order valence-electron chi connectivity index (χ1n) is 8.75. The van der Waals surface area contributed by atoms with Gasteiger partial charge >= 0.3 is 0 Å². The van der Waals surface area contributed by atoms with Crippen LogP contribution in [0.15, 0.2) is 24.3 Å². The molecule has 2 aromatic rings. The Labute approximate surface area is 152 Å². The minimum atomic E-state index is -0.125. The monoisotopic (exact) mass is 357 g/mol. The molecule has 2 heterocycles. The number of ether oxygens (including phenoxy) is 1. The Balaban J connectivity index is 1.78. The molecule has 1 aliphatic carbocycles. The molecule has 0 saturated heterocycles. The second-order valence-corrected chi connectivity index (χ2v) is 7.27. The number of rotatable bonds is 2. The van der Waals surface area contributed by atoms with E-state index in [2.05, 4.69) is 10.2 Å². The molecule has 25 heavy (non-hydrogen) atoms. The summed E-state index contributed by atoms with van der Waals surface area (Å²) >= 11 is 5.97. The lowest BCUT2D eigenvalue weighted by atomic mass is 9.88. The fourth-order valence-corrected chi connectivity index (χ4v) is 3.83. The normalized spacial score (nSPS) is 17.5. The van der Waals surface area contributed by atoms with E-state index in [0.29, 0.717) is 23.8 Å². The number of carbonyl (C=O) groups is 1. The van der Waals surface area contributed by atoms with E-state index in [1.54, 1.807) is 6.07 Å². The van der Waals surface area contributed by atoms with Crippen LogP contribution in [0.2, 0.25) is 5.15 Å². The van der Waals surface area contributed by atoms with Gasteiger partial charge in [0.05, 0.1) is 5.69 Å². The van der Waals surface area contributed by atoms with Gasteiger partial charge in [0.1, 0.15) is 5.56 Å². The molecule has 1 amide bonds. The van der Waals surface area contributed by atoms with Gasteiger partial charge in [-0.05, 0) is 49.4 Å². The molecule has 1 aromatic carbocycles. The SMILES string of the molecule is Cc1ccc2c(c1)Oc1nnc(Cl)cc1C(=O)N2CC1CCCCC1. The number of aromatic nitrogens is 2. The maximum atomic E-state index is 13.2. The van der Waals surface area contributed by atoms with Gasteiger partial charge in [-0.3, -0.25) is 4.79 Å². The van der Waals surface area contributed by atoms with Crippen LogP contribution >= 0.6 is 11.6 Å². The molecule has 1 aromatic heterocycles. The lowest BCUT2D eigenvalue weighted by Gasteiger charge is -2.29. The minimum absolute atomic E-state index is 0.125. The summed E-state index contributed by atoms with van der Waals surface area (Å²) in [6.07, 6.45) is 6.08. The lowest BCUT2D eigenvalue weighted by Crippen LogP contribution is -2.35. The summed E-state index contributed by atoms with van der Waals surface area (Å²) in [4.78, 5) is 15.1. The van der Waals surface area contributed by atoms with E-state index >= 15 is 0 Å². The second kappa shape index (κ2) is 6.64. The molecule has 0 bridgehead atoms. The van der Waals surface area contributed by atoms with Crippen molar-refractivity contribution in [2.75, 3.05) is 11.4 Å². The smallest absolute Gasteiger partial charge is 0.264 e. The van der Waals surface area contributed by atoms with E-state index in [1.807, 2.05) is 30.0 Å². The molecule has 130 valence electrons. The van der Waals surface area contributed by atoms with Crippen LogP contribution in [0.4, 0.5) is 5.69 Å². The highest BCUT2D eigenvalue weighted by Gasteiger charge is 2.31. The van der Waals surface area contributed by atoms with Crippen LogP contribution in [0.25, 0.3) is 0 Å². The molecule has 1 saturated carbocycles. The number of hydrogen-bond acceptors (Lipinski definition) is 4. The maximum Gasteiger partial charge on any atom is 0.264 e. The summed E-state index contributed by atoms with van der Waals surface area (Å²) < 4.78 is 5.93. The number of amides is 1. The van der Waals surface area contributed by atoms with Gasteiger partial charge in [-0.25, -0.2) is 0 Å². The van der Waals surface area contributed by atoms with Crippen molar-refractivity contribution in [2.45, 2.75) is 39.0 Å². The highest BCUT2D eigenvalue weighted by Crippen LogP contribution is 2.40. The van der Waals surface area contributed by atoms with Gasteiger partial charge in [-0.15, -0.1) is 10.2 Å². The van der Waals surface area contributed by atoms with E-state index in [1.165, 1.54) is 19.3 Å². The van der Waals surface area contributed by atoms with Crippen LogP contribution < -0.4 is 9.64 Å². The third-order valence-corrected chi connectivity index (χ3v) is 5.17. The highest BCUT2D eigenvalue weighted by molar-refractivity contribution is 6.29. The summed E-state index contributed by atoms with van der Waals surface area (Å²) in [6.45, 7) is 2.69. The number of aryl methyl sites for hydroxylation is 1. The molecular formula is C19H20ClN3O2. The number of benzene rings is 1. The number of halogens is 1. The van der Waals surface area contributed by atoms with Crippen molar-refractivity contribution in [1.82, 2.24) is 10.2 Å². The Kier molecular flexibility index (Phi) is 4.34. The Morgan fingerprint density at radius 1 is 1.20 bits per heavy atom. The molecule has 5 nitrogen and oxygen atoms in total. The zero-order valence-electron chi connectivity index (χ0n) is 14.2. The molecule has 0 atom stereocenters. The van der Waals surface area contributed by atoms with Gasteiger partial charge < -0.3 is 9.64 Å². The predicted octanol–water partition coefficient (Wildman–Crippen LogP) is 4.77. The predicted molar refractivity (Wildman–Crippen MR) is 96.5 cm³/mol. The summed E-state index contributed by atoms with van der Waals surface area (Å²) in [6, 6.07) is 7.42. The number of fused-ring (bicyclic) bond motifs is 2. The molecule has 0 radical (unpaired) electrons. The average molecular weight is 358 g/mol. The number of carbonyl (C=O) groups excluding carboxylic acids is 1. The number of hydrogen-bond donors (Lipinski definition) is 0. The highest BCUT2D eigenvalue weighted by atomic mass is 35.5. The first-order valence-corrected chi connectivity index (χ1v) is 9.13. The quantitative estimate of drug-likeness (QED) is 0.776. The fourth-order valence-electron chi connectivity index (χ4n) is 3.68. The summed E-state index contributed by atoms with van der Waals surface area (Å²) in [5.41, 5.74) is 2.22. The van der Waals surface area contributed by atoms with Crippen molar-refractivity contribution in [2.24, 2.45) is 5.92 Å². The van der Waals surface area contributed by atoms with Crippen molar-refractivity contribution in [3.63, 3.8) is 0 Å². The molecule has 1 aliphatic heterocycles. The third-order valence-electron chi connectivity index (χ3n) is 4.98. The molecule has 0 N–H and O–H groups in total. The molecule has 1 fully saturated rings. The van der Waals surface area contributed by atoms with E-state index in [9.17, 15) is 4.79 Å². The van der Waals surface area contributed by atoms with Gasteiger partial charge in [0.2, 0.25) is 0 Å². The van der Waals surface area contributed by atoms with Crippen molar-refractivity contribution < 1.29 is 9.53 Å². The second-order valence-electron chi connectivity index (χ2n) is 6.88. The van der Waals surface area contributed by atoms with Gasteiger partial charge in [0, 0.05) is 6.54 Å². The van der Waals surface area contributed by atoms with Gasteiger partial charge in [-0.1, -0.05) is 36.9 Å². The minimum Gasteiger partial charge on any atom is -0.435 e. The number of nitrogens with zero attached hydrogens (tertiary/aromatic N) is 3. The van der Waals surface area contributed by atoms with E-state index in [0.717, 1.165) is 24.1 Å². The van der Waals surface area contributed by atoms with E-state index < -0.39 is 0 Å². The Bertz CT molecular complexity index is 818. The fraction of sp³-hybridized carbons (Fsp3) is 0.421. The molecule has 2 aliphatic rings. The number of anilines is 1. The Morgan fingerprint density at radius 2 is 2.00 bits per heavy atom. The zero-order chi connectivity index (χ0) is 17.4. The summed E-state index contributed by atoms with van der Waals surface area (Å²) in [5, 5.41) is 8.00. The standard InChI is InChI=1S/C19H20ClN3O2/c1-12-7-8-15-16(9-12)25-18-14(10-17(20)21-22-18)19(24)23(15)11-13-5-3-2-4-6-13/h7-10,13H,2-6,11H2,1H3. The average Bonchev–Trinajstić information content (AvgIpc) is 2.72.